The lowest BCUT2D eigenvalue weighted by Gasteiger charge is -2.08. The number of H-pyrrole nitrogens is 1. The lowest BCUT2D eigenvalue weighted by atomic mass is 9.94. The molecule has 0 saturated heterocycles. The van der Waals surface area contributed by atoms with Crippen molar-refractivity contribution in [3.63, 3.8) is 0 Å². The Labute approximate surface area is 119 Å². The zero-order valence-electron chi connectivity index (χ0n) is 12.2. The van der Waals surface area contributed by atoms with Gasteiger partial charge in [-0.2, -0.15) is 0 Å². The molecule has 1 fully saturated rings. The predicted octanol–water partition coefficient (Wildman–Crippen LogP) is 4.25. The third kappa shape index (κ3) is 2.21. The number of carbonyl (C=O) groups is 1. The Morgan fingerprint density at radius 1 is 1.35 bits per heavy atom. The molecule has 3 rings (SSSR count). The number of carbonyl (C=O) groups excluding carboxylic acids is 1. The van der Waals surface area contributed by atoms with E-state index in [0.717, 1.165) is 40.8 Å². The van der Waals surface area contributed by atoms with Crippen LogP contribution in [0.25, 0.3) is 10.9 Å². The molecule has 1 aliphatic rings. The van der Waals surface area contributed by atoms with Gasteiger partial charge in [0.1, 0.15) is 5.75 Å². The van der Waals surface area contributed by atoms with Gasteiger partial charge in [0.25, 0.3) is 0 Å². The van der Waals surface area contributed by atoms with E-state index in [-0.39, 0.29) is 5.92 Å². The SMILES string of the molecule is CCOc1ccc2[nH]c(C)c(C(=O)C3CCCC3)c2c1. The lowest BCUT2D eigenvalue weighted by molar-refractivity contribution is 0.0924. The van der Waals surface area contributed by atoms with Gasteiger partial charge in [0.15, 0.2) is 5.78 Å². The minimum atomic E-state index is 0.212. The number of ether oxygens (including phenoxy) is 1. The molecule has 3 heteroatoms. The quantitative estimate of drug-likeness (QED) is 0.845. The first kappa shape index (κ1) is 13.2. The van der Waals surface area contributed by atoms with Gasteiger partial charge in [0.05, 0.1) is 6.61 Å². The van der Waals surface area contributed by atoms with E-state index in [1.54, 1.807) is 0 Å². The fraction of sp³-hybridized carbons (Fsp3) is 0.471. The van der Waals surface area contributed by atoms with Crippen molar-refractivity contribution in [2.75, 3.05) is 6.61 Å². The second-order valence-corrected chi connectivity index (χ2v) is 5.61. The van der Waals surface area contributed by atoms with Crippen LogP contribution in [0.5, 0.6) is 5.75 Å². The first-order valence-corrected chi connectivity index (χ1v) is 7.50. The van der Waals surface area contributed by atoms with Crippen LogP contribution in [0.15, 0.2) is 18.2 Å². The van der Waals surface area contributed by atoms with Gasteiger partial charge in [-0.25, -0.2) is 0 Å². The lowest BCUT2D eigenvalue weighted by Crippen LogP contribution is -2.11. The standard InChI is InChI=1S/C17H21NO2/c1-3-20-13-8-9-15-14(10-13)16(11(2)18-15)17(19)12-6-4-5-7-12/h8-10,12,18H,3-7H2,1-2H3. The van der Waals surface area contributed by atoms with E-state index in [9.17, 15) is 4.79 Å². The first-order chi connectivity index (χ1) is 9.70. The number of nitrogens with one attached hydrogen (secondary N) is 1. The van der Waals surface area contributed by atoms with E-state index in [4.69, 9.17) is 4.74 Å². The van der Waals surface area contributed by atoms with Crippen molar-refractivity contribution < 1.29 is 9.53 Å². The summed E-state index contributed by atoms with van der Waals surface area (Å²) in [6.07, 6.45) is 4.44. The molecule has 0 bridgehead atoms. The molecule has 0 aliphatic heterocycles. The average molecular weight is 271 g/mol. The fourth-order valence-electron chi connectivity index (χ4n) is 3.27. The van der Waals surface area contributed by atoms with Crippen molar-refractivity contribution in [1.82, 2.24) is 4.98 Å². The molecular weight excluding hydrogens is 250 g/mol. The first-order valence-electron chi connectivity index (χ1n) is 7.50. The topological polar surface area (TPSA) is 42.1 Å². The molecule has 1 saturated carbocycles. The monoisotopic (exact) mass is 271 g/mol. The highest BCUT2D eigenvalue weighted by Crippen LogP contribution is 2.33. The van der Waals surface area contributed by atoms with Crippen LogP contribution in [-0.4, -0.2) is 17.4 Å². The molecule has 0 spiro atoms. The largest absolute Gasteiger partial charge is 0.494 e. The van der Waals surface area contributed by atoms with Crippen LogP contribution < -0.4 is 4.74 Å². The number of aryl methyl sites for hydroxylation is 1. The van der Waals surface area contributed by atoms with Crippen molar-refractivity contribution in [3.8, 4) is 5.75 Å². The zero-order valence-corrected chi connectivity index (χ0v) is 12.2. The highest BCUT2D eigenvalue weighted by molar-refractivity contribution is 6.10. The molecule has 1 aliphatic carbocycles. The summed E-state index contributed by atoms with van der Waals surface area (Å²) in [5.41, 5.74) is 2.87. The molecule has 1 N–H and O–H groups in total. The van der Waals surface area contributed by atoms with Gasteiger partial charge in [-0.15, -0.1) is 0 Å². The van der Waals surface area contributed by atoms with Gasteiger partial charge in [-0.1, -0.05) is 12.8 Å². The maximum Gasteiger partial charge on any atom is 0.168 e. The molecule has 0 unspecified atom stereocenters. The maximum atomic E-state index is 12.8. The van der Waals surface area contributed by atoms with E-state index in [1.165, 1.54) is 12.8 Å². The average Bonchev–Trinajstić information content (AvgIpc) is 3.05. The summed E-state index contributed by atoms with van der Waals surface area (Å²) in [6.45, 7) is 4.60. The molecule has 0 atom stereocenters. The van der Waals surface area contributed by atoms with Crippen LogP contribution in [0.2, 0.25) is 0 Å². The van der Waals surface area contributed by atoms with Gasteiger partial charge in [0.2, 0.25) is 0 Å². The molecule has 1 aromatic carbocycles. The third-order valence-corrected chi connectivity index (χ3v) is 4.24. The molecule has 1 heterocycles. The van der Waals surface area contributed by atoms with Crippen LogP contribution in [0.3, 0.4) is 0 Å². The number of benzene rings is 1. The summed E-state index contributed by atoms with van der Waals surface area (Å²) in [7, 11) is 0. The van der Waals surface area contributed by atoms with Gasteiger partial charge < -0.3 is 9.72 Å². The Kier molecular flexibility index (Phi) is 3.51. The number of hydrogen-bond acceptors (Lipinski definition) is 2. The molecule has 20 heavy (non-hydrogen) atoms. The Bertz CT molecular complexity index is 636. The number of Topliss-reactive ketones (excluding diaryl/α,β-unsaturated/α-hetero) is 1. The minimum Gasteiger partial charge on any atom is -0.494 e. The molecule has 1 aromatic heterocycles. The van der Waals surface area contributed by atoms with Crippen molar-refractivity contribution in [3.05, 3.63) is 29.5 Å². The molecule has 0 amide bonds. The van der Waals surface area contributed by atoms with Gasteiger partial charge in [-0.3, -0.25) is 4.79 Å². The van der Waals surface area contributed by atoms with Crippen molar-refractivity contribution in [1.29, 1.82) is 0 Å². The number of aromatic nitrogens is 1. The zero-order chi connectivity index (χ0) is 14.1. The van der Waals surface area contributed by atoms with Gasteiger partial charge in [-0.05, 0) is 44.9 Å². The van der Waals surface area contributed by atoms with Crippen LogP contribution in [-0.2, 0) is 0 Å². The summed E-state index contributed by atoms with van der Waals surface area (Å²) in [4.78, 5) is 16.1. The molecule has 2 aromatic rings. The Morgan fingerprint density at radius 2 is 2.10 bits per heavy atom. The number of fused-ring (bicyclic) bond motifs is 1. The van der Waals surface area contributed by atoms with Crippen molar-refractivity contribution in [2.24, 2.45) is 5.92 Å². The van der Waals surface area contributed by atoms with Gasteiger partial charge in [0, 0.05) is 28.1 Å². The number of aromatic amines is 1. The Balaban J connectivity index is 2.05. The van der Waals surface area contributed by atoms with Crippen molar-refractivity contribution in [2.45, 2.75) is 39.5 Å². The fourth-order valence-corrected chi connectivity index (χ4v) is 3.27. The smallest absolute Gasteiger partial charge is 0.168 e. The van der Waals surface area contributed by atoms with Crippen LogP contribution in [0.4, 0.5) is 0 Å². The van der Waals surface area contributed by atoms with E-state index < -0.39 is 0 Å². The maximum absolute atomic E-state index is 12.8. The summed E-state index contributed by atoms with van der Waals surface area (Å²) < 4.78 is 5.56. The number of rotatable bonds is 4. The second kappa shape index (κ2) is 5.31. The van der Waals surface area contributed by atoms with Crippen LogP contribution in [0.1, 0.15) is 48.7 Å². The molecule has 0 radical (unpaired) electrons. The van der Waals surface area contributed by atoms with E-state index in [1.807, 2.05) is 32.0 Å². The van der Waals surface area contributed by atoms with E-state index >= 15 is 0 Å². The summed E-state index contributed by atoms with van der Waals surface area (Å²) in [6, 6.07) is 5.94. The van der Waals surface area contributed by atoms with Crippen molar-refractivity contribution >= 4 is 16.7 Å². The molecule has 3 nitrogen and oxygen atoms in total. The number of hydrogen-bond donors (Lipinski definition) is 1. The molecular formula is C17H21NO2. The van der Waals surface area contributed by atoms with Crippen LogP contribution in [0, 0.1) is 12.8 Å². The third-order valence-electron chi connectivity index (χ3n) is 4.24. The Hall–Kier alpha value is -1.77. The van der Waals surface area contributed by atoms with Gasteiger partial charge >= 0.3 is 0 Å². The van der Waals surface area contributed by atoms with E-state index in [0.29, 0.717) is 12.4 Å². The molecule has 106 valence electrons. The summed E-state index contributed by atoms with van der Waals surface area (Å²) >= 11 is 0. The summed E-state index contributed by atoms with van der Waals surface area (Å²) in [5.74, 6) is 1.35. The summed E-state index contributed by atoms with van der Waals surface area (Å²) in [5, 5.41) is 1.00. The van der Waals surface area contributed by atoms with Crippen LogP contribution >= 0.6 is 0 Å². The minimum absolute atomic E-state index is 0.212. The van der Waals surface area contributed by atoms with E-state index in [2.05, 4.69) is 4.98 Å². The number of ketones is 1. The highest BCUT2D eigenvalue weighted by atomic mass is 16.5. The Morgan fingerprint density at radius 3 is 2.80 bits per heavy atom. The predicted molar refractivity (Wildman–Crippen MR) is 80.5 cm³/mol. The second-order valence-electron chi connectivity index (χ2n) is 5.61. The highest BCUT2D eigenvalue weighted by Gasteiger charge is 2.27. The normalized spacial score (nSPS) is 15.9.